The molecular formula is C14H10F3NO2. The molecule has 0 amide bonds. The molecule has 0 aliphatic heterocycles. The Morgan fingerprint density at radius 1 is 1.25 bits per heavy atom. The van der Waals surface area contributed by atoms with Gasteiger partial charge in [0.15, 0.2) is 5.69 Å². The van der Waals surface area contributed by atoms with Gasteiger partial charge in [-0.2, -0.15) is 13.2 Å². The highest BCUT2D eigenvalue weighted by Gasteiger charge is 2.38. The zero-order valence-corrected chi connectivity index (χ0v) is 10.3. The average molecular weight is 281 g/mol. The molecule has 1 aromatic heterocycles. The van der Waals surface area contributed by atoms with Crippen LogP contribution in [0, 0.1) is 0 Å². The zero-order chi connectivity index (χ0) is 14.3. The Morgan fingerprint density at radius 2 is 2.00 bits per heavy atom. The van der Waals surface area contributed by atoms with Crippen molar-refractivity contribution in [1.29, 1.82) is 0 Å². The van der Waals surface area contributed by atoms with Crippen molar-refractivity contribution in [3.63, 3.8) is 0 Å². The van der Waals surface area contributed by atoms with E-state index in [9.17, 15) is 18.0 Å². The topological polar surface area (TPSA) is 43.1 Å². The highest BCUT2D eigenvalue weighted by Crippen LogP contribution is 2.46. The van der Waals surface area contributed by atoms with E-state index in [-0.39, 0.29) is 22.7 Å². The molecule has 0 unspecified atom stereocenters. The van der Waals surface area contributed by atoms with Gasteiger partial charge < -0.3 is 4.52 Å². The van der Waals surface area contributed by atoms with Crippen molar-refractivity contribution in [3.8, 4) is 0 Å². The van der Waals surface area contributed by atoms with E-state index in [1.165, 1.54) is 24.5 Å². The number of hydrogen-bond donors (Lipinski definition) is 0. The quantitative estimate of drug-likeness (QED) is 0.804. The van der Waals surface area contributed by atoms with Gasteiger partial charge in [-0.05, 0) is 36.5 Å². The van der Waals surface area contributed by atoms with Gasteiger partial charge in [-0.25, -0.2) is 0 Å². The number of benzene rings is 1. The fourth-order valence-corrected chi connectivity index (χ4v) is 2.17. The number of rotatable bonds is 3. The maximum absolute atomic E-state index is 12.9. The first-order valence-corrected chi connectivity index (χ1v) is 6.13. The molecule has 1 aromatic carbocycles. The van der Waals surface area contributed by atoms with Gasteiger partial charge in [-0.3, -0.25) is 4.79 Å². The van der Waals surface area contributed by atoms with E-state index < -0.39 is 17.5 Å². The van der Waals surface area contributed by atoms with Crippen molar-refractivity contribution >= 4 is 5.78 Å². The third kappa shape index (κ3) is 2.33. The zero-order valence-electron chi connectivity index (χ0n) is 10.3. The van der Waals surface area contributed by atoms with E-state index in [1.54, 1.807) is 0 Å². The molecule has 2 aromatic rings. The standard InChI is InChI=1S/C14H10F3NO2/c15-14(16,17)11-4-3-9(7-10(11)8-1-2-8)13(19)12-5-6-20-18-12/h3-8H,1-2H2. The largest absolute Gasteiger partial charge is 0.416 e. The van der Waals surface area contributed by atoms with Gasteiger partial charge in [-0.15, -0.1) is 0 Å². The number of carbonyl (C=O) groups is 1. The summed E-state index contributed by atoms with van der Waals surface area (Å²) in [6, 6.07) is 4.88. The number of ketones is 1. The second-order valence-corrected chi connectivity index (χ2v) is 4.79. The third-order valence-electron chi connectivity index (χ3n) is 3.31. The Hall–Kier alpha value is -2.11. The van der Waals surface area contributed by atoms with Crippen molar-refractivity contribution in [2.24, 2.45) is 0 Å². The molecule has 3 nitrogen and oxygen atoms in total. The summed E-state index contributed by atoms with van der Waals surface area (Å²) in [5.41, 5.74) is -0.163. The Balaban J connectivity index is 2.02. The second kappa shape index (κ2) is 4.47. The van der Waals surface area contributed by atoms with Crippen LogP contribution in [0.15, 0.2) is 35.1 Å². The van der Waals surface area contributed by atoms with Crippen molar-refractivity contribution in [1.82, 2.24) is 5.16 Å². The molecule has 1 saturated carbocycles. The summed E-state index contributed by atoms with van der Waals surface area (Å²) in [6.45, 7) is 0. The van der Waals surface area contributed by atoms with Crippen LogP contribution < -0.4 is 0 Å². The SMILES string of the molecule is O=C(c1ccc(C(F)(F)F)c(C2CC2)c1)c1ccon1. The lowest BCUT2D eigenvalue weighted by Gasteiger charge is -2.13. The second-order valence-electron chi connectivity index (χ2n) is 4.79. The number of halogens is 3. The van der Waals surface area contributed by atoms with Crippen LogP contribution >= 0.6 is 0 Å². The molecule has 1 heterocycles. The number of carbonyl (C=O) groups excluding carboxylic acids is 1. The van der Waals surface area contributed by atoms with Crippen LogP contribution in [0.4, 0.5) is 13.2 Å². The van der Waals surface area contributed by atoms with Crippen molar-refractivity contribution in [2.75, 3.05) is 0 Å². The van der Waals surface area contributed by atoms with Gasteiger partial charge in [0.25, 0.3) is 0 Å². The van der Waals surface area contributed by atoms with E-state index in [4.69, 9.17) is 0 Å². The number of aromatic nitrogens is 1. The minimum Gasteiger partial charge on any atom is -0.364 e. The van der Waals surface area contributed by atoms with Gasteiger partial charge in [-0.1, -0.05) is 11.2 Å². The van der Waals surface area contributed by atoms with Crippen LogP contribution in [0.2, 0.25) is 0 Å². The predicted octanol–water partition coefficient (Wildman–Crippen LogP) is 3.80. The normalized spacial score (nSPS) is 15.3. The van der Waals surface area contributed by atoms with Crippen LogP contribution in [0.25, 0.3) is 0 Å². The van der Waals surface area contributed by atoms with E-state index in [2.05, 4.69) is 9.68 Å². The Morgan fingerprint density at radius 3 is 2.55 bits per heavy atom. The molecule has 0 N–H and O–H groups in total. The monoisotopic (exact) mass is 281 g/mol. The summed E-state index contributed by atoms with van der Waals surface area (Å²) >= 11 is 0. The van der Waals surface area contributed by atoms with Crippen molar-refractivity contribution in [2.45, 2.75) is 24.9 Å². The minimum atomic E-state index is -4.40. The molecular weight excluding hydrogens is 271 g/mol. The van der Waals surface area contributed by atoms with Gasteiger partial charge in [0.05, 0.1) is 5.56 Å². The molecule has 0 saturated heterocycles. The third-order valence-corrected chi connectivity index (χ3v) is 3.31. The fraction of sp³-hybridized carbons (Fsp3) is 0.286. The van der Waals surface area contributed by atoms with Gasteiger partial charge >= 0.3 is 6.18 Å². The fourth-order valence-electron chi connectivity index (χ4n) is 2.17. The van der Waals surface area contributed by atoms with E-state index in [0.29, 0.717) is 0 Å². The lowest BCUT2D eigenvalue weighted by atomic mass is 9.97. The summed E-state index contributed by atoms with van der Waals surface area (Å²) in [5.74, 6) is -0.536. The molecule has 104 valence electrons. The summed E-state index contributed by atoms with van der Waals surface area (Å²) < 4.78 is 43.4. The predicted molar refractivity (Wildman–Crippen MR) is 63.4 cm³/mol. The molecule has 20 heavy (non-hydrogen) atoms. The first-order chi connectivity index (χ1) is 9.47. The summed E-state index contributed by atoms with van der Waals surface area (Å²) in [6.07, 6.45) is -1.69. The summed E-state index contributed by atoms with van der Waals surface area (Å²) in [5, 5.41) is 3.51. The maximum atomic E-state index is 12.9. The summed E-state index contributed by atoms with van der Waals surface area (Å²) in [7, 11) is 0. The number of alkyl halides is 3. The van der Waals surface area contributed by atoms with Crippen LogP contribution in [0.3, 0.4) is 0 Å². The molecule has 0 radical (unpaired) electrons. The molecule has 0 bridgehead atoms. The van der Waals surface area contributed by atoms with E-state index in [1.807, 2.05) is 0 Å². The van der Waals surface area contributed by atoms with Crippen LogP contribution in [0.1, 0.15) is 45.9 Å². The van der Waals surface area contributed by atoms with E-state index >= 15 is 0 Å². The van der Waals surface area contributed by atoms with Gasteiger partial charge in [0, 0.05) is 11.6 Å². The Bertz CT molecular complexity index is 643. The average Bonchev–Trinajstić information content (AvgIpc) is 3.11. The Labute approximate surface area is 112 Å². The minimum absolute atomic E-state index is 0.0894. The molecule has 1 fully saturated rings. The lowest BCUT2D eigenvalue weighted by Crippen LogP contribution is -2.11. The highest BCUT2D eigenvalue weighted by atomic mass is 19.4. The summed E-state index contributed by atoms with van der Waals surface area (Å²) in [4.78, 5) is 12.1. The highest BCUT2D eigenvalue weighted by molar-refractivity contribution is 6.07. The molecule has 1 aliphatic carbocycles. The van der Waals surface area contributed by atoms with Crippen LogP contribution in [-0.4, -0.2) is 10.9 Å². The number of nitrogens with zero attached hydrogens (tertiary/aromatic N) is 1. The lowest BCUT2D eigenvalue weighted by molar-refractivity contribution is -0.138. The van der Waals surface area contributed by atoms with Crippen LogP contribution in [0.5, 0.6) is 0 Å². The number of hydrogen-bond acceptors (Lipinski definition) is 3. The smallest absolute Gasteiger partial charge is 0.364 e. The van der Waals surface area contributed by atoms with Crippen molar-refractivity contribution < 1.29 is 22.5 Å². The molecule has 6 heteroatoms. The Kier molecular flexibility index (Phi) is 2.88. The van der Waals surface area contributed by atoms with Crippen molar-refractivity contribution in [3.05, 3.63) is 52.9 Å². The van der Waals surface area contributed by atoms with E-state index in [0.717, 1.165) is 18.9 Å². The molecule has 3 rings (SSSR count). The first-order valence-electron chi connectivity index (χ1n) is 6.13. The van der Waals surface area contributed by atoms with Gasteiger partial charge in [0.2, 0.25) is 5.78 Å². The maximum Gasteiger partial charge on any atom is 0.416 e. The van der Waals surface area contributed by atoms with Crippen LogP contribution in [-0.2, 0) is 6.18 Å². The van der Waals surface area contributed by atoms with Gasteiger partial charge in [0.1, 0.15) is 6.26 Å². The molecule has 1 aliphatic rings. The molecule has 0 atom stereocenters. The first kappa shape index (κ1) is 12.9. The molecule has 0 spiro atoms.